The third-order valence-corrected chi connectivity index (χ3v) is 4.58. The molecule has 1 unspecified atom stereocenters. The molecule has 0 amide bonds. The van der Waals surface area contributed by atoms with Gasteiger partial charge in [0.1, 0.15) is 4.99 Å². The monoisotopic (exact) mass is 330 g/mol. The fraction of sp³-hybridized carbons (Fsp3) is 0.500. The number of benzene rings is 1. The van der Waals surface area contributed by atoms with Gasteiger partial charge in [-0.05, 0) is 12.0 Å². The van der Waals surface area contributed by atoms with Gasteiger partial charge in [-0.1, -0.05) is 49.8 Å². The van der Waals surface area contributed by atoms with Crippen molar-refractivity contribution in [2.24, 2.45) is 5.73 Å². The Morgan fingerprint density at radius 2 is 2.10 bits per heavy atom. The number of hydrogen-bond donors (Lipinski definition) is 2. The van der Waals surface area contributed by atoms with Crippen LogP contribution < -0.4 is 10.5 Å². The Labute approximate surface area is 131 Å². The second-order valence-electron chi connectivity index (χ2n) is 4.84. The lowest BCUT2D eigenvalue weighted by Crippen LogP contribution is -2.38. The van der Waals surface area contributed by atoms with Crippen molar-refractivity contribution < 1.29 is 13.2 Å². The van der Waals surface area contributed by atoms with E-state index in [0.29, 0.717) is 17.7 Å². The second kappa shape index (κ2) is 8.43. The molecule has 1 aromatic rings. The molecule has 21 heavy (non-hydrogen) atoms. The van der Waals surface area contributed by atoms with E-state index >= 15 is 0 Å². The van der Waals surface area contributed by atoms with Gasteiger partial charge in [-0.25, -0.2) is 13.1 Å². The van der Waals surface area contributed by atoms with Gasteiger partial charge in [0.2, 0.25) is 10.0 Å². The molecule has 0 fully saturated rings. The van der Waals surface area contributed by atoms with Crippen LogP contribution in [-0.2, 0) is 20.5 Å². The first-order valence-electron chi connectivity index (χ1n) is 6.76. The molecule has 1 atom stereocenters. The van der Waals surface area contributed by atoms with E-state index in [2.05, 4.69) is 4.72 Å². The smallest absolute Gasteiger partial charge is 0.216 e. The minimum absolute atomic E-state index is 0.148. The van der Waals surface area contributed by atoms with Crippen LogP contribution in [0.2, 0.25) is 0 Å². The fourth-order valence-corrected chi connectivity index (χ4v) is 3.75. The van der Waals surface area contributed by atoms with Crippen molar-refractivity contribution in [1.29, 1.82) is 0 Å². The molecule has 0 saturated heterocycles. The van der Waals surface area contributed by atoms with Gasteiger partial charge < -0.3 is 10.5 Å². The molecule has 1 aromatic carbocycles. The molecule has 0 heterocycles. The van der Waals surface area contributed by atoms with Crippen LogP contribution in [0.1, 0.15) is 30.9 Å². The fourth-order valence-electron chi connectivity index (χ4n) is 2.11. The molecule has 3 N–H and O–H groups in total. The van der Waals surface area contributed by atoms with Gasteiger partial charge in [0.15, 0.2) is 0 Å². The highest BCUT2D eigenvalue weighted by atomic mass is 32.2. The quantitative estimate of drug-likeness (QED) is 0.672. The van der Waals surface area contributed by atoms with Crippen LogP contribution >= 0.6 is 12.2 Å². The first-order valence-corrected chi connectivity index (χ1v) is 8.82. The average Bonchev–Trinajstić information content (AvgIpc) is 2.38. The Bertz CT molecular complexity index is 567. The lowest BCUT2D eigenvalue weighted by molar-refractivity contribution is 0.171. The number of nitrogens with two attached hydrogens (primary N) is 1. The Morgan fingerprint density at radius 3 is 2.67 bits per heavy atom. The van der Waals surface area contributed by atoms with Crippen LogP contribution in [0.25, 0.3) is 0 Å². The Morgan fingerprint density at radius 1 is 1.43 bits per heavy atom. The summed E-state index contributed by atoms with van der Waals surface area (Å²) in [6.07, 6.45) is 1.60. The molecule has 0 aliphatic heterocycles. The minimum atomic E-state index is -3.48. The summed E-state index contributed by atoms with van der Waals surface area (Å²) in [5.74, 6) is -0.148. The summed E-state index contributed by atoms with van der Waals surface area (Å²) in [7, 11) is -1.92. The molecule has 5 nitrogen and oxygen atoms in total. The van der Waals surface area contributed by atoms with Gasteiger partial charge in [0.25, 0.3) is 0 Å². The molecule has 0 aliphatic carbocycles. The summed E-state index contributed by atoms with van der Waals surface area (Å²) in [5, 5.41) is 0. The zero-order valence-corrected chi connectivity index (χ0v) is 14.0. The maximum atomic E-state index is 12.3. The third kappa shape index (κ3) is 6.09. The number of hydrogen-bond acceptors (Lipinski definition) is 4. The number of ether oxygens (including phenoxy) is 1. The average molecular weight is 330 g/mol. The van der Waals surface area contributed by atoms with E-state index in [-0.39, 0.29) is 16.8 Å². The van der Waals surface area contributed by atoms with Gasteiger partial charge in [0.05, 0.1) is 12.4 Å². The topological polar surface area (TPSA) is 81.4 Å². The summed E-state index contributed by atoms with van der Waals surface area (Å²) in [4.78, 5) is 0.197. The number of sulfonamides is 1. The van der Waals surface area contributed by atoms with Crippen molar-refractivity contribution >= 4 is 27.2 Å². The first kappa shape index (κ1) is 18.0. The van der Waals surface area contributed by atoms with Gasteiger partial charge in [0, 0.05) is 18.7 Å². The van der Waals surface area contributed by atoms with Crippen LogP contribution in [-0.4, -0.2) is 33.2 Å². The van der Waals surface area contributed by atoms with Crippen LogP contribution in [0.3, 0.4) is 0 Å². The molecule has 0 spiro atoms. The van der Waals surface area contributed by atoms with Crippen molar-refractivity contribution in [2.75, 3.05) is 13.7 Å². The standard InChI is InChI=1S/C14H22N2O3S2/c1-3-6-12(9-19-2)16-21(17,18)10-11-7-4-5-8-13(11)14(15)20/h4-5,7-8,12,16H,3,6,9-10H2,1-2H3,(H2,15,20). The summed E-state index contributed by atoms with van der Waals surface area (Å²) in [5.41, 5.74) is 6.82. The predicted octanol–water partition coefficient (Wildman–Crippen LogP) is 1.56. The van der Waals surface area contributed by atoms with Gasteiger partial charge in [-0.3, -0.25) is 0 Å². The Kier molecular flexibility index (Phi) is 7.24. The van der Waals surface area contributed by atoms with E-state index < -0.39 is 10.0 Å². The molecule has 0 radical (unpaired) electrons. The van der Waals surface area contributed by atoms with Crippen molar-refractivity contribution in [1.82, 2.24) is 4.72 Å². The minimum Gasteiger partial charge on any atom is -0.389 e. The molecule has 0 bridgehead atoms. The molecule has 0 saturated carbocycles. The normalized spacial score (nSPS) is 13.0. The number of nitrogens with one attached hydrogen (secondary N) is 1. The highest BCUT2D eigenvalue weighted by Crippen LogP contribution is 2.13. The number of thiocarbonyl (C=S) groups is 1. The molecule has 0 aromatic heterocycles. The highest BCUT2D eigenvalue weighted by Gasteiger charge is 2.19. The first-order chi connectivity index (χ1) is 9.89. The largest absolute Gasteiger partial charge is 0.389 e. The van der Waals surface area contributed by atoms with E-state index in [1.807, 2.05) is 6.92 Å². The number of methoxy groups -OCH3 is 1. The predicted molar refractivity (Wildman–Crippen MR) is 88.7 cm³/mol. The SMILES string of the molecule is CCCC(COC)NS(=O)(=O)Cc1ccccc1C(N)=S. The van der Waals surface area contributed by atoms with Crippen LogP contribution in [0, 0.1) is 0 Å². The Balaban J connectivity index is 2.87. The van der Waals surface area contributed by atoms with E-state index in [1.54, 1.807) is 31.4 Å². The van der Waals surface area contributed by atoms with Crippen molar-refractivity contribution in [3.8, 4) is 0 Å². The maximum absolute atomic E-state index is 12.3. The maximum Gasteiger partial charge on any atom is 0.216 e. The Hall–Kier alpha value is -1.02. The van der Waals surface area contributed by atoms with E-state index in [4.69, 9.17) is 22.7 Å². The zero-order chi connectivity index (χ0) is 15.9. The van der Waals surface area contributed by atoms with Crippen LogP contribution in [0.4, 0.5) is 0 Å². The van der Waals surface area contributed by atoms with Gasteiger partial charge in [-0.2, -0.15) is 0 Å². The molecular formula is C14H22N2O3S2. The van der Waals surface area contributed by atoms with Crippen LogP contribution in [0.15, 0.2) is 24.3 Å². The zero-order valence-electron chi connectivity index (χ0n) is 12.3. The molecule has 1 rings (SSSR count). The highest BCUT2D eigenvalue weighted by molar-refractivity contribution is 7.88. The van der Waals surface area contributed by atoms with Gasteiger partial charge >= 0.3 is 0 Å². The van der Waals surface area contributed by atoms with Crippen molar-refractivity contribution in [2.45, 2.75) is 31.6 Å². The van der Waals surface area contributed by atoms with E-state index in [0.717, 1.165) is 12.8 Å². The third-order valence-electron chi connectivity index (χ3n) is 2.98. The van der Waals surface area contributed by atoms with E-state index in [9.17, 15) is 8.42 Å². The molecular weight excluding hydrogens is 308 g/mol. The van der Waals surface area contributed by atoms with E-state index in [1.165, 1.54) is 0 Å². The van der Waals surface area contributed by atoms with Crippen molar-refractivity contribution in [3.63, 3.8) is 0 Å². The lowest BCUT2D eigenvalue weighted by Gasteiger charge is -2.18. The summed E-state index contributed by atoms with van der Waals surface area (Å²) < 4.78 is 32.3. The van der Waals surface area contributed by atoms with Crippen LogP contribution in [0.5, 0.6) is 0 Å². The molecule has 0 aliphatic rings. The second-order valence-corrected chi connectivity index (χ2v) is 7.03. The lowest BCUT2D eigenvalue weighted by atomic mass is 10.1. The number of rotatable bonds is 9. The summed E-state index contributed by atoms with van der Waals surface area (Å²) >= 11 is 4.95. The van der Waals surface area contributed by atoms with Crippen molar-refractivity contribution in [3.05, 3.63) is 35.4 Å². The molecule has 118 valence electrons. The van der Waals surface area contributed by atoms with Gasteiger partial charge in [-0.15, -0.1) is 0 Å². The molecule has 7 heteroatoms. The summed E-state index contributed by atoms with van der Waals surface area (Å²) in [6, 6.07) is 6.78. The summed E-state index contributed by atoms with van der Waals surface area (Å²) in [6.45, 7) is 2.35.